The van der Waals surface area contributed by atoms with Crippen LogP contribution in [0.3, 0.4) is 0 Å². The van der Waals surface area contributed by atoms with Crippen LogP contribution in [0.5, 0.6) is 5.75 Å². The number of hydrogen-bond acceptors (Lipinski definition) is 4. The number of aromatic hydroxyl groups is 1. The maximum Gasteiger partial charge on any atom is 0.285 e. The molecule has 1 aromatic heterocycles. The zero-order valence-corrected chi connectivity index (χ0v) is 21.4. The number of para-hydroxylation sites is 2. The van der Waals surface area contributed by atoms with Gasteiger partial charge in [0.1, 0.15) is 5.75 Å². The summed E-state index contributed by atoms with van der Waals surface area (Å²) in [7, 11) is 0. The lowest BCUT2D eigenvalue weighted by Crippen LogP contribution is -2.48. The first-order valence-electron chi connectivity index (χ1n) is 12.7. The van der Waals surface area contributed by atoms with Gasteiger partial charge in [0.25, 0.3) is 11.5 Å². The van der Waals surface area contributed by atoms with Gasteiger partial charge < -0.3 is 5.11 Å². The lowest BCUT2D eigenvalue weighted by molar-refractivity contribution is -0.122. The molecule has 39 heavy (non-hydrogen) atoms. The number of benzene rings is 4. The quantitative estimate of drug-likeness (QED) is 0.348. The summed E-state index contributed by atoms with van der Waals surface area (Å²) in [6, 6.07) is 31.8. The third-order valence-electron chi connectivity index (χ3n) is 7.77. The van der Waals surface area contributed by atoms with Crippen molar-refractivity contribution >= 4 is 17.3 Å². The van der Waals surface area contributed by atoms with Crippen molar-refractivity contribution in [2.75, 3.05) is 5.01 Å². The molecule has 2 aliphatic heterocycles. The van der Waals surface area contributed by atoms with Crippen LogP contribution in [0.1, 0.15) is 18.2 Å². The van der Waals surface area contributed by atoms with Crippen LogP contribution < -0.4 is 10.6 Å². The lowest BCUT2D eigenvalue weighted by Gasteiger charge is -2.27. The molecule has 0 radical (unpaired) electrons. The van der Waals surface area contributed by atoms with Crippen LogP contribution >= 0.6 is 0 Å². The van der Waals surface area contributed by atoms with E-state index in [9.17, 15) is 14.7 Å². The minimum Gasteiger partial charge on any atom is -0.507 e. The van der Waals surface area contributed by atoms with Gasteiger partial charge in [-0.3, -0.25) is 14.3 Å². The molecule has 0 bridgehead atoms. The smallest absolute Gasteiger partial charge is 0.285 e. The van der Waals surface area contributed by atoms with E-state index in [0.717, 1.165) is 11.1 Å². The number of aromatic nitrogens is 2. The number of hydrogen-bond donors (Lipinski definition) is 1. The van der Waals surface area contributed by atoms with Crippen molar-refractivity contribution in [3.05, 3.63) is 125 Å². The van der Waals surface area contributed by atoms with E-state index >= 15 is 0 Å². The van der Waals surface area contributed by atoms with E-state index in [1.807, 2.05) is 111 Å². The van der Waals surface area contributed by atoms with Crippen molar-refractivity contribution in [3.8, 4) is 33.7 Å². The fraction of sp³-hybridized carbons (Fsp3) is 0.0938. The van der Waals surface area contributed by atoms with Crippen molar-refractivity contribution in [1.29, 1.82) is 0 Å². The highest BCUT2D eigenvalue weighted by Gasteiger charge is 2.59. The Bertz CT molecular complexity index is 1890. The first-order chi connectivity index (χ1) is 18.9. The zero-order chi connectivity index (χ0) is 26.9. The first-order valence-corrected chi connectivity index (χ1v) is 12.7. The Morgan fingerprint density at radius 2 is 1.44 bits per heavy atom. The van der Waals surface area contributed by atoms with Crippen LogP contribution in [-0.2, 0) is 10.3 Å². The van der Waals surface area contributed by atoms with E-state index < -0.39 is 5.54 Å². The Morgan fingerprint density at radius 1 is 0.769 bits per heavy atom. The maximum atomic E-state index is 14.4. The maximum absolute atomic E-state index is 14.4. The zero-order valence-electron chi connectivity index (χ0n) is 21.4. The molecule has 1 spiro atoms. The highest BCUT2D eigenvalue weighted by Crippen LogP contribution is 2.47. The highest BCUT2D eigenvalue weighted by atomic mass is 16.3. The third kappa shape index (κ3) is 2.95. The van der Waals surface area contributed by atoms with Gasteiger partial charge in [-0.1, -0.05) is 72.8 Å². The van der Waals surface area contributed by atoms with Crippen molar-refractivity contribution in [2.45, 2.75) is 19.4 Å². The van der Waals surface area contributed by atoms with Gasteiger partial charge in [-0.15, -0.1) is 0 Å². The Hall–Kier alpha value is -5.17. The number of hydrazone groups is 1. The fourth-order valence-electron chi connectivity index (χ4n) is 6.03. The number of rotatable bonds is 3. The summed E-state index contributed by atoms with van der Waals surface area (Å²) in [5, 5.41) is 17.1. The first kappa shape index (κ1) is 23.0. The second-order valence-electron chi connectivity index (χ2n) is 9.85. The highest BCUT2D eigenvalue weighted by molar-refractivity contribution is 6.23. The Labute approximate surface area is 224 Å². The number of carbonyl (C=O) groups is 1. The van der Waals surface area contributed by atoms with Gasteiger partial charge in [0.2, 0.25) is 5.54 Å². The van der Waals surface area contributed by atoms with E-state index in [2.05, 4.69) is 0 Å². The summed E-state index contributed by atoms with van der Waals surface area (Å²) in [6.07, 6.45) is 0. The molecule has 2 aliphatic rings. The van der Waals surface area contributed by atoms with Crippen LogP contribution in [0, 0.1) is 6.92 Å². The molecule has 1 unspecified atom stereocenters. The van der Waals surface area contributed by atoms with E-state index in [1.165, 1.54) is 5.01 Å². The summed E-state index contributed by atoms with van der Waals surface area (Å²) in [5.74, 6) is -0.270. The van der Waals surface area contributed by atoms with Gasteiger partial charge in [-0.25, -0.2) is 4.68 Å². The van der Waals surface area contributed by atoms with Crippen LogP contribution in [0.25, 0.3) is 27.9 Å². The molecule has 0 fully saturated rings. The van der Waals surface area contributed by atoms with Gasteiger partial charge >= 0.3 is 0 Å². The molecule has 7 rings (SSSR count). The average molecular weight is 513 g/mol. The summed E-state index contributed by atoms with van der Waals surface area (Å²) in [5.41, 5.74) is 4.05. The Morgan fingerprint density at radius 3 is 2.18 bits per heavy atom. The van der Waals surface area contributed by atoms with Gasteiger partial charge in [-0.05, 0) is 55.3 Å². The van der Waals surface area contributed by atoms with Gasteiger partial charge in [0.05, 0.1) is 22.6 Å². The molecule has 190 valence electrons. The van der Waals surface area contributed by atoms with Gasteiger partial charge in [0, 0.05) is 16.8 Å². The second-order valence-corrected chi connectivity index (χ2v) is 9.85. The minimum absolute atomic E-state index is 0.00357. The number of phenolic OH excluding ortho intramolecular Hbond substituents is 1. The van der Waals surface area contributed by atoms with Crippen LogP contribution in [0.4, 0.5) is 5.69 Å². The van der Waals surface area contributed by atoms with E-state index in [-0.39, 0.29) is 17.2 Å². The number of amides is 1. The molecule has 5 aromatic rings. The Balaban J connectivity index is 1.50. The SMILES string of the molecule is CC1=NN(c2ccccc2)C(=O)C12c1ccccc1-n1c(=O)c(-c3cc(-c4ccccc4)ccc3O)c(C)n12. The molecule has 1 N–H and O–H groups in total. The van der Waals surface area contributed by atoms with E-state index in [0.29, 0.717) is 39.5 Å². The molecule has 0 aliphatic carbocycles. The fourth-order valence-corrected chi connectivity index (χ4v) is 6.03. The van der Waals surface area contributed by atoms with Crippen molar-refractivity contribution in [1.82, 2.24) is 9.36 Å². The van der Waals surface area contributed by atoms with Crippen molar-refractivity contribution in [3.63, 3.8) is 0 Å². The minimum atomic E-state index is -1.33. The van der Waals surface area contributed by atoms with Crippen LogP contribution in [-0.4, -0.2) is 26.1 Å². The molecule has 3 heterocycles. The second kappa shape index (κ2) is 8.16. The normalized spacial score (nSPS) is 17.4. The molecular formula is C32H24N4O3. The van der Waals surface area contributed by atoms with E-state index in [4.69, 9.17) is 5.10 Å². The molecular weight excluding hydrogens is 488 g/mol. The predicted octanol–water partition coefficient (Wildman–Crippen LogP) is 5.47. The van der Waals surface area contributed by atoms with Crippen molar-refractivity contribution in [2.24, 2.45) is 5.10 Å². The average Bonchev–Trinajstić information content (AvgIpc) is 3.53. The van der Waals surface area contributed by atoms with E-state index in [1.54, 1.807) is 15.4 Å². The molecule has 7 heteroatoms. The number of carbonyl (C=O) groups excluding carboxylic acids is 1. The molecule has 4 aromatic carbocycles. The Kier molecular flexibility index (Phi) is 4.81. The molecule has 7 nitrogen and oxygen atoms in total. The number of nitrogens with zero attached hydrogens (tertiary/aromatic N) is 4. The molecule has 0 saturated carbocycles. The topological polar surface area (TPSA) is 79.8 Å². The molecule has 0 saturated heterocycles. The third-order valence-corrected chi connectivity index (χ3v) is 7.77. The van der Waals surface area contributed by atoms with Crippen LogP contribution in [0.2, 0.25) is 0 Å². The number of phenols is 1. The van der Waals surface area contributed by atoms with Crippen LogP contribution in [0.15, 0.2) is 113 Å². The van der Waals surface area contributed by atoms with Gasteiger partial charge in [0.15, 0.2) is 0 Å². The molecule has 1 atom stereocenters. The lowest BCUT2D eigenvalue weighted by atomic mass is 9.85. The monoisotopic (exact) mass is 512 g/mol. The standard InChI is InChI=1S/C32H24N4O3/c1-20-29(25-19-23(17-18-28(25)37)22-11-5-3-6-12-22)30(38)35-27-16-10-9-15-26(27)32(36(20)35)21(2)33-34(31(32)39)24-13-7-4-8-14-24/h3-19,37H,1-2H3. The summed E-state index contributed by atoms with van der Waals surface area (Å²) >= 11 is 0. The summed E-state index contributed by atoms with van der Waals surface area (Å²) in [4.78, 5) is 28.6. The summed E-state index contributed by atoms with van der Waals surface area (Å²) < 4.78 is 3.31. The summed E-state index contributed by atoms with van der Waals surface area (Å²) in [6.45, 7) is 3.64. The molecule has 1 amide bonds. The predicted molar refractivity (Wildman–Crippen MR) is 151 cm³/mol. The van der Waals surface area contributed by atoms with Crippen molar-refractivity contribution < 1.29 is 9.90 Å². The number of anilines is 1. The number of fused-ring (bicyclic) bond motifs is 5. The largest absolute Gasteiger partial charge is 0.507 e. The van der Waals surface area contributed by atoms with Gasteiger partial charge in [-0.2, -0.15) is 10.1 Å².